The molecule has 0 heterocycles. The fourth-order valence-electron chi connectivity index (χ4n) is 0.994. The number of rotatable bonds is 1. The molecule has 1 rings (SSSR count). The Morgan fingerprint density at radius 1 is 1.62 bits per heavy atom. The van der Waals surface area contributed by atoms with Crippen molar-refractivity contribution in [3.63, 3.8) is 0 Å². The second-order valence-corrected chi connectivity index (χ2v) is 2.54. The molecule has 8 heavy (non-hydrogen) atoms. The summed E-state index contributed by atoms with van der Waals surface area (Å²) in [6, 6.07) is 0.309. The highest BCUT2D eigenvalue weighted by Gasteiger charge is 2.28. The van der Waals surface area contributed by atoms with E-state index in [1.165, 1.54) is 0 Å². The fourth-order valence-corrected chi connectivity index (χ4v) is 0.994. The third-order valence-electron chi connectivity index (χ3n) is 1.75. The van der Waals surface area contributed by atoms with Gasteiger partial charge in [0.15, 0.2) is 0 Å². The summed E-state index contributed by atoms with van der Waals surface area (Å²) in [6.07, 6.45) is 1.82. The zero-order valence-corrected chi connectivity index (χ0v) is 5.05. The zero-order chi connectivity index (χ0) is 6.15. The molecule has 1 aliphatic carbocycles. The standard InChI is InChI=1S/C6H11NO/c1-4(8)5-2-6(7)3-5/h5-6H,2-3,7H2,1H3/t5-,6+. The Balaban J connectivity index is 2.25. The van der Waals surface area contributed by atoms with Crippen molar-refractivity contribution < 1.29 is 4.79 Å². The third kappa shape index (κ3) is 0.892. The topological polar surface area (TPSA) is 43.1 Å². The van der Waals surface area contributed by atoms with Crippen molar-refractivity contribution in [2.24, 2.45) is 11.7 Å². The second-order valence-electron chi connectivity index (χ2n) is 2.54. The van der Waals surface area contributed by atoms with Crippen molar-refractivity contribution in [1.82, 2.24) is 0 Å². The van der Waals surface area contributed by atoms with Crippen LogP contribution in [0.25, 0.3) is 0 Å². The molecule has 1 saturated carbocycles. The van der Waals surface area contributed by atoms with Crippen LogP contribution in [0, 0.1) is 5.92 Å². The van der Waals surface area contributed by atoms with Gasteiger partial charge in [0.05, 0.1) is 0 Å². The second kappa shape index (κ2) is 1.86. The molecule has 0 aromatic rings. The van der Waals surface area contributed by atoms with E-state index in [-0.39, 0.29) is 0 Å². The summed E-state index contributed by atoms with van der Waals surface area (Å²) in [7, 11) is 0. The van der Waals surface area contributed by atoms with E-state index in [1.54, 1.807) is 6.92 Å². The van der Waals surface area contributed by atoms with Gasteiger partial charge in [-0.1, -0.05) is 0 Å². The van der Waals surface area contributed by atoms with E-state index in [9.17, 15) is 4.79 Å². The molecule has 0 aromatic carbocycles. The highest BCUT2D eigenvalue weighted by Crippen LogP contribution is 2.25. The molecular formula is C6H11NO. The number of ketones is 1. The average molecular weight is 113 g/mol. The van der Waals surface area contributed by atoms with Crippen molar-refractivity contribution >= 4 is 5.78 Å². The van der Waals surface area contributed by atoms with E-state index in [0.717, 1.165) is 12.8 Å². The van der Waals surface area contributed by atoms with Crippen molar-refractivity contribution in [3.05, 3.63) is 0 Å². The van der Waals surface area contributed by atoms with Gasteiger partial charge in [-0.05, 0) is 19.8 Å². The van der Waals surface area contributed by atoms with Gasteiger partial charge in [-0.25, -0.2) is 0 Å². The van der Waals surface area contributed by atoms with Crippen LogP contribution in [0.1, 0.15) is 19.8 Å². The van der Waals surface area contributed by atoms with Crippen molar-refractivity contribution in [2.75, 3.05) is 0 Å². The molecule has 1 aliphatic rings. The van der Waals surface area contributed by atoms with E-state index in [1.807, 2.05) is 0 Å². The Bertz CT molecular complexity index is 105. The molecule has 0 amide bonds. The molecule has 46 valence electrons. The third-order valence-corrected chi connectivity index (χ3v) is 1.75. The lowest BCUT2D eigenvalue weighted by Crippen LogP contribution is -2.39. The molecule has 0 aliphatic heterocycles. The van der Waals surface area contributed by atoms with Gasteiger partial charge in [0.25, 0.3) is 0 Å². The molecular weight excluding hydrogens is 102 g/mol. The van der Waals surface area contributed by atoms with E-state index >= 15 is 0 Å². The first-order valence-electron chi connectivity index (χ1n) is 2.96. The molecule has 0 atom stereocenters. The average Bonchev–Trinajstić information content (AvgIpc) is 1.57. The number of hydrogen-bond donors (Lipinski definition) is 1. The summed E-state index contributed by atoms with van der Waals surface area (Å²) >= 11 is 0. The molecule has 2 heteroatoms. The van der Waals surface area contributed by atoms with Crippen LogP contribution in [0.15, 0.2) is 0 Å². The van der Waals surface area contributed by atoms with Crippen LogP contribution < -0.4 is 5.73 Å². The molecule has 0 saturated heterocycles. The SMILES string of the molecule is CC(=O)[C@H]1C[C@@H](N)C1. The highest BCUT2D eigenvalue weighted by molar-refractivity contribution is 5.79. The molecule has 1 fully saturated rings. The maximum Gasteiger partial charge on any atom is 0.133 e. The monoisotopic (exact) mass is 113 g/mol. The predicted octanol–water partition coefficient (Wildman–Crippen LogP) is 0.313. The molecule has 0 aromatic heterocycles. The molecule has 0 spiro atoms. The normalized spacial score (nSPS) is 36.2. The van der Waals surface area contributed by atoms with Gasteiger partial charge in [-0.3, -0.25) is 4.79 Å². The summed E-state index contributed by atoms with van der Waals surface area (Å²) in [4.78, 5) is 10.5. The maximum absolute atomic E-state index is 10.5. The molecule has 0 radical (unpaired) electrons. The summed E-state index contributed by atoms with van der Waals surface area (Å²) in [5.74, 6) is 0.594. The minimum absolute atomic E-state index is 0.296. The number of carbonyl (C=O) groups excluding carboxylic acids is 1. The van der Waals surface area contributed by atoms with Gasteiger partial charge in [0.2, 0.25) is 0 Å². The minimum Gasteiger partial charge on any atom is -0.328 e. The molecule has 2 nitrogen and oxygen atoms in total. The van der Waals surface area contributed by atoms with Gasteiger partial charge < -0.3 is 5.73 Å². The molecule has 2 N–H and O–H groups in total. The Labute approximate surface area is 49.1 Å². The van der Waals surface area contributed by atoms with Crippen molar-refractivity contribution in [1.29, 1.82) is 0 Å². The zero-order valence-electron chi connectivity index (χ0n) is 5.05. The first kappa shape index (κ1) is 5.76. The van der Waals surface area contributed by atoms with Gasteiger partial charge in [0.1, 0.15) is 5.78 Å². The highest BCUT2D eigenvalue weighted by atomic mass is 16.1. The van der Waals surface area contributed by atoms with E-state index < -0.39 is 0 Å². The first-order chi connectivity index (χ1) is 3.70. The number of Topliss-reactive ketones (excluding diaryl/α,β-unsaturated/α-hetero) is 1. The Hall–Kier alpha value is -0.370. The Morgan fingerprint density at radius 3 is 2.25 bits per heavy atom. The number of hydrogen-bond acceptors (Lipinski definition) is 2. The van der Waals surface area contributed by atoms with Crippen LogP contribution in [-0.4, -0.2) is 11.8 Å². The largest absolute Gasteiger partial charge is 0.328 e. The van der Waals surface area contributed by atoms with Gasteiger partial charge in [-0.2, -0.15) is 0 Å². The Kier molecular flexibility index (Phi) is 1.34. The minimum atomic E-state index is 0.296. The predicted molar refractivity (Wildman–Crippen MR) is 31.4 cm³/mol. The van der Waals surface area contributed by atoms with Crippen LogP contribution >= 0.6 is 0 Å². The Morgan fingerprint density at radius 2 is 2.12 bits per heavy atom. The summed E-state index contributed by atoms with van der Waals surface area (Å²) in [5, 5.41) is 0. The maximum atomic E-state index is 10.5. The molecule has 0 unspecified atom stereocenters. The van der Waals surface area contributed by atoms with Crippen LogP contribution in [-0.2, 0) is 4.79 Å². The number of carbonyl (C=O) groups is 1. The first-order valence-corrected chi connectivity index (χ1v) is 2.96. The quantitative estimate of drug-likeness (QED) is 0.532. The van der Waals surface area contributed by atoms with Crippen molar-refractivity contribution in [3.8, 4) is 0 Å². The van der Waals surface area contributed by atoms with Gasteiger partial charge >= 0.3 is 0 Å². The van der Waals surface area contributed by atoms with Gasteiger partial charge in [-0.15, -0.1) is 0 Å². The van der Waals surface area contributed by atoms with Crippen molar-refractivity contribution in [2.45, 2.75) is 25.8 Å². The number of nitrogens with two attached hydrogens (primary N) is 1. The molecule has 0 bridgehead atoms. The van der Waals surface area contributed by atoms with Gasteiger partial charge in [0, 0.05) is 12.0 Å². The lowest BCUT2D eigenvalue weighted by Gasteiger charge is -2.29. The summed E-state index contributed by atoms with van der Waals surface area (Å²) < 4.78 is 0. The lowest BCUT2D eigenvalue weighted by atomic mass is 9.79. The van der Waals surface area contributed by atoms with E-state index in [4.69, 9.17) is 5.73 Å². The van der Waals surface area contributed by atoms with E-state index in [2.05, 4.69) is 0 Å². The fraction of sp³-hybridized carbons (Fsp3) is 0.833. The van der Waals surface area contributed by atoms with E-state index in [0.29, 0.717) is 17.7 Å². The van der Waals surface area contributed by atoms with Crippen LogP contribution in [0.5, 0.6) is 0 Å². The van der Waals surface area contributed by atoms with Crippen LogP contribution in [0.3, 0.4) is 0 Å². The van der Waals surface area contributed by atoms with Crippen LogP contribution in [0.4, 0.5) is 0 Å². The smallest absolute Gasteiger partial charge is 0.133 e. The summed E-state index contributed by atoms with van der Waals surface area (Å²) in [5.41, 5.74) is 5.45. The van der Waals surface area contributed by atoms with Crippen LogP contribution in [0.2, 0.25) is 0 Å². The summed E-state index contributed by atoms with van der Waals surface area (Å²) in [6.45, 7) is 1.64. The lowest BCUT2D eigenvalue weighted by molar-refractivity contribution is -0.123.